The lowest BCUT2D eigenvalue weighted by Gasteiger charge is -2.22. The van der Waals surface area contributed by atoms with Crippen molar-refractivity contribution in [3.8, 4) is 11.3 Å². The first-order chi connectivity index (χ1) is 15.5. The Morgan fingerprint density at radius 3 is 2.66 bits per heavy atom. The maximum absolute atomic E-state index is 6.42. The number of hydrogen-bond donors (Lipinski definition) is 1. The number of halogens is 2. The van der Waals surface area contributed by atoms with Crippen molar-refractivity contribution < 1.29 is 0 Å². The fourth-order valence-electron chi connectivity index (χ4n) is 3.88. The molecule has 0 fully saturated rings. The van der Waals surface area contributed by atoms with Crippen molar-refractivity contribution in [2.24, 2.45) is 0 Å². The normalized spacial score (nSPS) is 12.4. The van der Waals surface area contributed by atoms with Crippen LogP contribution < -0.4 is 5.32 Å². The molecule has 0 radical (unpaired) electrons. The molecule has 0 aliphatic heterocycles. The van der Waals surface area contributed by atoms with Crippen LogP contribution in [-0.2, 0) is 0 Å². The van der Waals surface area contributed by atoms with Crippen molar-refractivity contribution in [1.29, 1.82) is 0 Å². The zero-order chi connectivity index (χ0) is 22.5. The van der Waals surface area contributed by atoms with Gasteiger partial charge in [0.25, 0.3) is 0 Å². The van der Waals surface area contributed by atoms with E-state index in [4.69, 9.17) is 16.6 Å². The third kappa shape index (κ3) is 5.31. The summed E-state index contributed by atoms with van der Waals surface area (Å²) in [5.41, 5.74) is 3.87. The monoisotopic (exact) mass is 511 g/mol. The highest BCUT2D eigenvalue weighted by Crippen LogP contribution is 2.30. The van der Waals surface area contributed by atoms with Gasteiger partial charge in [0.05, 0.1) is 16.4 Å². The van der Waals surface area contributed by atoms with Crippen molar-refractivity contribution >= 4 is 39.0 Å². The van der Waals surface area contributed by atoms with E-state index in [2.05, 4.69) is 75.5 Å². The molecular weight excluding hydrogens is 486 g/mol. The third-order valence-electron chi connectivity index (χ3n) is 5.56. The van der Waals surface area contributed by atoms with Crippen LogP contribution in [0.4, 0.5) is 5.82 Å². The minimum absolute atomic E-state index is 0.508. The van der Waals surface area contributed by atoms with E-state index in [1.165, 1.54) is 5.56 Å². The summed E-state index contributed by atoms with van der Waals surface area (Å²) in [7, 11) is 2.18. The Morgan fingerprint density at radius 1 is 1.12 bits per heavy atom. The minimum Gasteiger partial charge on any atom is -0.370 e. The smallest absolute Gasteiger partial charge is 0.172 e. The number of hydrogen-bond acceptors (Lipinski definition) is 4. The highest BCUT2D eigenvalue weighted by atomic mass is 79.9. The summed E-state index contributed by atoms with van der Waals surface area (Å²) in [6.07, 6.45) is 2.79. The number of nitrogens with one attached hydrogen (secondary N) is 1. The summed E-state index contributed by atoms with van der Waals surface area (Å²) in [4.78, 5) is 7.16. The summed E-state index contributed by atoms with van der Waals surface area (Å²) in [6, 6.07) is 20.5. The number of fused-ring (bicyclic) bond motifs is 1. The standard InChI is InChI=1S/C25H27BrClN5/c1-18(19-9-4-3-5-10-19)17-31(2)14-8-13-28-24-15-23(20-11-6-7-12-22(20)27)30-25-21(26)16-29-32(24)25/h3-7,9-12,15-16,18,28H,8,13-14,17H2,1-2H3. The largest absolute Gasteiger partial charge is 0.370 e. The molecule has 0 bridgehead atoms. The maximum atomic E-state index is 6.42. The zero-order valence-electron chi connectivity index (χ0n) is 18.3. The van der Waals surface area contributed by atoms with Gasteiger partial charge in [0.2, 0.25) is 0 Å². The van der Waals surface area contributed by atoms with Crippen LogP contribution in [0.1, 0.15) is 24.8 Å². The van der Waals surface area contributed by atoms with E-state index in [9.17, 15) is 0 Å². The highest BCUT2D eigenvalue weighted by Gasteiger charge is 2.13. The molecule has 1 unspecified atom stereocenters. The molecular formula is C25H27BrClN5. The van der Waals surface area contributed by atoms with Crippen LogP contribution in [-0.4, -0.2) is 46.2 Å². The Balaban J connectivity index is 1.40. The number of likely N-dealkylation sites (N-methyl/N-ethyl adjacent to an activating group) is 1. The minimum atomic E-state index is 0.508. The molecule has 0 saturated carbocycles. The lowest BCUT2D eigenvalue weighted by Crippen LogP contribution is -2.26. The molecule has 0 aliphatic carbocycles. The first kappa shape index (κ1) is 22.8. The molecule has 1 N–H and O–H groups in total. The summed E-state index contributed by atoms with van der Waals surface area (Å²) in [5, 5.41) is 8.69. The quantitative estimate of drug-likeness (QED) is 0.265. The fraction of sp³-hybridized carbons (Fsp3) is 0.280. The number of benzene rings is 2. The van der Waals surface area contributed by atoms with Crippen molar-refractivity contribution in [2.75, 3.05) is 32.0 Å². The van der Waals surface area contributed by atoms with E-state index in [1.807, 2.05) is 34.8 Å². The van der Waals surface area contributed by atoms with Gasteiger partial charge in [0, 0.05) is 29.7 Å². The van der Waals surface area contributed by atoms with Gasteiger partial charge < -0.3 is 10.2 Å². The Bertz CT molecular complexity index is 1180. The van der Waals surface area contributed by atoms with E-state index >= 15 is 0 Å². The SMILES string of the molecule is CC(CN(C)CCCNc1cc(-c2ccccc2Cl)nc2c(Br)cnn12)c1ccccc1. The van der Waals surface area contributed by atoms with Gasteiger partial charge in [0.15, 0.2) is 5.65 Å². The number of rotatable bonds is 9. The van der Waals surface area contributed by atoms with Gasteiger partial charge in [-0.05, 0) is 53.5 Å². The Labute approximate surface area is 202 Å². The Hall–Kier alpha value is -2.41. The number of aromatic nitrogens is 3. The van der Waals surface area contributed by atoms with E-state index in [-0.39, 0.29) is 0 Å². The molecule has 2 heterocycles. The lowest BCUT2D eigenvalue weighted by atomic mass is 10.0. The summed E-state index contributed by atoms with van der Waals surface area (Å²) in [6.45, 7) is 5.16. The van der Waals surface area contributed by atoms with Crippen LogP contribution in [0, 0.1) is 0 Å². The summed E-state index contributed by atoms with van der Waals surface area (Å²) >= 11 is 9.98. The topological polar surface area (TPSA) is 45.5 Å². The van der Waals surface area contributed by atoms with Crippen LogP contribution in [0.2, 0.25) is 5.02 Å². The van der Waals surface area contributed by atoms with E-state index in [0.717, 1.165) is 53.3 Å². The Morgan fingerprint density at radius 2 is 1.88 bits per heavy atom. The van der Waals surface area contributed by atoms with Crippen LogP contribution in [0.5, 0.6) is 0 Å². The molecule has 2 aromatic carbocycles. The second kappa shape index (κ2) is 10.5. The molecule has 5 nitrogen and oxygen atoms in total. The first-order valence-electron chi connectivity index (χ1n) is 10.8. The average Bonchev–Trinajstić information content (AvgIpc) is 3.18. The predicted molar refractivity (Wildman–Crippen MR) is 137 cm³/mol. The van der Waals surface area contributed by atoms with E-state index < -0.39 is 0 Å². The molecule has 1 atom stereocenters. The average molecular weight is 513 g/mol. The third-order valence-corrected chi connectivity index (χ3v) is 6.44. The molecule has 4 rings (SSSR count). The van der Waals surface area contributed by atoms with Gasteiger partial charge in [0.1, 0.15) is 5.82 Å². The molecule has 0 aliphatic rings. The second-order valence-corrected chi connectivity index (χ2v) is 9.35. The van der Waals surface area contributed by atoms with Gasteiger partial charge in [-0.15, -0.1) is 0 Å². The summed E-state index contributed by atoms with van der Waals surface area (Å²) < 4.78 is 2.68. The van der Waals surface area contributed by atoms with E-state index in [0.29, 0.717) is 10.9 Å². The van der Waals surface area contributed by atoms with Gasteiger partial charge in [-0.3, -0.25) is 0 Å². The van der Waals surface area contributed by atoms with Gasteiger partial charge in [-0.2, -0.15) is 9.61 Å². The molecule has 2 aromatic heterocycles. The fourth-order valence-corrected chi connectivity index (χ4v) is 4.46. The molecule has 7 heteroatoms. The van der Waals surface area contributed by atoms with Gasteiger partial charge in [-0.25, -0.2) is 4.98 Å². The van der Waals surface area contributed by atoms with Crippen LogP contribution >= 0.6 is 27.5 Å². The number of anilines is 1. The number of nitrogens with zero attached hydrogens (tertiary/aromatic N) is 4. The molecule has 0 saturated heterocycles. The molecule has 32 heavy (non-hydrogen) atoms. The molecule has 4 aromatic rings. The van der Waals surface area contributed by atoms with E-state index in [1.54, 1.807) is 6.20 Å². The van der Waals surface area contributed by atoms with Crippen LogP contribution in [0.25, 0.3) is 16.9 Å². The molecule has 166 valence electrons. The Kier molecular flexibility index (Phi) is 7.45. The van der Waals surface area contributed by atoms with Gasteiger partial charge in [-0.1, -0.05) is 67.1 Å². The predicted octanol–water partition coefficient (Wildman–Crippen LogP) is 6.35. The zero-order valence-corrected chi connectivity index (χ0v) is 20.6. The van der Waals surface area contributed by atoms with Crippen molar-refractivity contribution in [3.05, 3.63) is 81.9 Å². The maximum Gasteiger partial charge on any atom is 0.172 e. The van der Waals surface area contributed by atoms with Crippen molar-refractivity contribution in [3.63, 3.8) is 0 Å². The second-order valence-electron chi connectivity index (χ2n) is 8.09. The summed E-state index contributed by atoms with van der Waals surface area (Å²) in [5.74, 6) is 1.41. The van der Waals surface area contributed by atoms with Crippen molar-refractivity contribution in [2.45, 2.75) is 19.3 Å². The highest BCUT2D eigenvalue weighted by molar-refractivity contribution is 9.10. The van der Waals surface area contributed by atoms with Crippen LogP contribution in [0.15, 0.2) is 71.3 Å². The lowest BCUT2D eigenvalue weighted by molar-refractivity contribution is 0.316. The first-order valence-corrected chi connectivity index (χ1v) is 12.0. The molecule has 0 spiro atoms. The van der Waals surface area contributed by atoms with Gasteiger partial charge >= 0.3 is 0 Å². The van der Waals surface area contributed by atoms with Crippen molar-refractivity contribution in [1.82, 2.24) is 19.5 Å². The molecule has 0 amide bonds. The van der Waals surface area contributed by atoms with Crippen LogP contribution in [0.3, 0.4) is 0 Å².